The van der Waals surface area contributed by atoms with Crippen LogP contribution in [-0.2, 0) is 0 Å². The molecule has 0 aromatic heterocycles. The summed E-state index contributed by atoms with van der Waals surface area (Å²) in [7, 11) is 0. The van der Waals surface area contributed by atoms with Gasteiger partial charge in [0.1, 0.15) is 0 Å². The van der Waals surface area contributed by atoms with Crippen LogP contribution in [-0.4, -0.2) is 0 Å². The molecule has 0 aliphatic heterocycles. The highest BCUT2D eigenvalue weighted by Crippen LogP contribution is 2.03. The summed E-state index contributed by atoms with van der Waals surface area (Å²) in [6.07, 6.45) is 25.5. The molecular formula is C14H19. The molecule has 0 aromatic rings. The topological polar surface area (TPSA) is 0 Å². The fourth-order valence-electron chi connectivity index (χ4n) is 1.38. The molecule has 0 nitrogen and oxygen atoms in total. The molecule has 0 atom stereocenters. The molecule has 75 valence electrons. The van der Waals surface area contributed by atoms with E-state index in [0.29, 0.717) is 0 Å². The molecule has 0 aromatic carbocycles. The Hall–Kier alpha value is -1.04. The van der Waals surface area contributed by atoms with Gasteiger partial charge < -0.3 is 0 Å². The standard InChI is InChI=1S/C14H19/c1-2-4-6-8-10-12-14-13-11-9-7-5-3-1/h1-3,7,9,12,14H,4,6,8,10-11,13H2/b2-1-,5-3?,9-7+,14-12+. The lowest BCUT2D eigenvalue weighted by Gasteiger charge is -1.93. The van der Waals surface area contributed by atoms with Crippen LogP contribution >= 0.6 is 0 Å². The van der Waals surface area contributed by atoms with Crippen LogP contribution < -0.4 is 0 Å². The summed E-state index contributed by atoms with van der Waals surface area (Å²) in [6.45, 7) is 0. The van der Waals surface area contributed by atoms with Crippen LogP contribution in [0.4, 0.5) is 0 Å². The highest BCUT2D eigenvalue weighted by Gasteiger charge is 1.83. The van der Waals surface area contributed by atoms with E-state index in [1.54, 1.807) is 0 Å². The zero-order valence-electron chi connectivity index (χ0n) is 8.78. The van der Waals surface area contributed by atoms with Gasteiger partial charge in [-0.25, -0.2) is 0 Å². The maximum absolute atomic E-state index is 3.12. The van der Waals surface area contributed by atoms with Gasteiger partial charge in [0.25, 0.3) is 0 Å². The summed E-state index contributed by atoms with van der Waals surface area (Å²) in [5, 5.41) is 0. The van der Waals surface area contributed by atoms with E-state index in [0.717, 1.165) is 12.8 Å². The molecule has 1 rings (SSSR count). The summed E-state index contributed by atoms with van der Waals surface area (Å²) in [6, 6.07) is 0. The third-order valence-corrected chi connectivity index (χ3v) is 2.20. The Balaban J connectivity index is 2.35. The van der Waals surface area contributed by atoms with E-state index in [4.69, 9.17) is 0 Å². The Bertz CT molecular complexity index is 228. The third kappa shape index (κ3) is 6.47. The van der Waals surface area contributed by atoms with Gasteiger partial charge in [0.2, 0.25) is 0 Å². The van der Waals surface area contributed by atoms with Crippen molar-refractivity contribution in [3.8, 4) is 0 Å². The monoisotopic (exact) mass is 187 g/mol. The predicted octanol–water partition coefficient (Wildman–Crippen LogP) is 4.37. The first-order chi connectivity index (χ1) is 7.00. The summed E-state index contributed by atoms with van der Waals surface area (Å²) >= 11 is 0. The van der Waals surface area contributed by atoms with E-state index in [1.807, 2.05) is 12.2 Å². The van der Waals surface area contributed by atoms with Crippen LogP contribution in [0.25, 0.3) is 0 Å². The molecule has 1 aliphatic carbocycles. The van der Waals surface area contributed by atoms with Crippen molar-refractivity contribution in [3.05, 3.63) is 48.6 Å². The van der Waals surface area contributed by atoms with Crippen LogP contribution in [0.3, 0.4) is 0 Å². The zero-order valence-corrected chi connectivity index (χ0v) is 8.78. The van der Waals surface area contributed by atoms with Gasteiger partial charge in [0, 0.05) is 0 Å². The lowest BCUT2D eigenvalue weighted by Crippen LogP contribution is -1.73. The second-order valence-electron chi connectivity index (χ2n) is 3.50. The second kappa shape index (κ2) is 8.55. The van der Waals surface area contributed by atoms with Crippen molar-refractivity contribution in [1.29, 1.82) is 0 Å². The average molecular weight is 187 g/mol. The maximum atomic E-state index is 3.12. The van der Waals surface area contributed by atoms with Gasteiger partial charge in [-0.15, -0.1) is 0 Å². The highest BCUT2D eigenvalue weighted by molar-refractivity contribution is 5.06. The average Bonchev–Trinajstić information content (AvgIpc) is 2.22. The predicted molar refractivity (Wildman–Crippen MR) is 62.9 cm³/mol. The molecule has 0 heteroatoms. The first kappa shape index (κ1) is 11.0. The number of rotatable bonds is 0. The van der Waals surface area contributed by atoms with Crippen molar-refractivity contribution in [1.82, 2.24) is 0 Å². The minimum absolute atomic E-state index is 1.13. The van der Waals surface area contributed by atoms with E-state index in [2.05, 4.69) is 36.5 Å². The fourth-order valence-corrected chi connectivity index (χ4v) is 1.38. The number of hydrogen-bond donors (Lipinski definition) is 0. The molecule has 0 saturated heterocycles. The van der Waals surface area contributed by atoms with Crippen molar-refractivity contribution in [3.63, 3.8) is 0 Å². The highest BCUT2D eigenvalue weighted by atomic mass is 13.9. The van der Waals surface area contributed by atoms with E-state index in [-0.39, 0.29) is 0 Å². The minimum Gasteiger partial charge on any atom is -0.0885 e. The largest absolute Gasteiger partial charge is 0.0885 e. The Morgan fingerprint density at radius 2 is 1.43 bits per heavy atom. The van der Waals surface area contributed by atoms with Gasteiger partial charge >= 0.3 is 0 Å². The van der Waals surface area contributed by atoms with Crippen molar-refractivity contribution >= 4 is 0 Å². The van der Waals surface area contributed by atoms with Crippen molar-refractivity contribution in [2.24, 2.45) is 0 Å². The minimum atomic E-state index is 1.13. The molecule has 0 spiro atoms. The van der Waals surface area contributed by atoms with Crippen molar-refractivity contribution in [2.75, 3.05) is 0 Å². The van der Waals surface area contributed by atoms with E-state index in [9.17, 15) is 0 Å². The van der Waals surface area contributed by atoms with Gasteiger partial charge in [-0.1, -0.05) is 42.5 Å². The lowest BCUT2D eigenvalue weighted by molar-refractivity contribution is 0.760. The van der Waals surface area contributed by atoms with Crippen LogP contribution in [0.15, 0.2) is 42.5 Å². The summed E-state index contributed by atoms with van der Waals surface area (Å²) in [4.78, 5) is 0. The van der Waals surface area contributed by atoms with Crippen molar-refractivity contribution < 1.29 is 0 Å². The molecule has 1 radical (unpaired) electrons. The second-order valence-corrected chi connectivity index (χ2v) is 3.50. The molecule has 14 heavy (non-hydrogen) atoms. The van der Waals surface area contributed by atoms with Crippen molar-refractivity contribution in [2.45, 2.75) is 38.5 Å². The molecule has 0 amide bonds. The van der Waals surface area contributed by atoms with Gasteiger partial charge in [0.15, 0.2) is 0 Å². The van der Waals surface area contributed by atoms with Crippen LogP contribution in [0, 0.1) is 6.08 Å². The SMILES string of the molecule is [C]1=C/C=C\CCCC/C=C/CC/C=C/1. The molecular weight excluding hydrogens is 168 g/mol. The lowest BCUT2D eigenvalue weighted by atomic mass is 10.1. The van der Waals surface area contributed by atoms with Crippen LogP contribution in [0.2, 0.25) is 0 Å². The summed E-state index contributed by atoms with van der Waals surface area (Å²) in [5.74, 6) is 0. The molecule has 0 unspecified atom stereocenters. The molecule has 0 fully saturated rings. The zero-order chi connectivity index (χ0) is 9.90. The first-order valence-corrected chi connectivity index (χ1v) is 5.54. The number of hydrogen-bond acceptors (Lipinski definition) is 0. The normalized spacial score (nSPS) is 28.6. The van der Waals surface area contributed by atoms with E-state index >= 15 is 0 Å². The van der Waals surface area contributed by atoms with Gasteiger partial charge in [-0.05, 0) is 44.6 Å². The van der Waals surface area contributed by atoms with E-state index < -0.39 is 0 Å². The summed E-state index contributed by atoms with van der Waals surface area (Å²) < 4.78 is 0. The molecule has 0 heterocycles. The quantitative estimate of drug-likeness (QED) is 0.494. The van der Waals surface area contributed by atoms with Gasteiger partial charge in [-0.3, -0.25) is 0 Å². The Kier molecular flexibility index (Phi) is 6.74. The Labute approximate surface area is 87.7 Å². The molecule has 0 saturated carbocycles. The Morgan fingerprint density at radius 1 is 0.714 bits per heavy atom. The number of allylic oxidation sites excluding steroid dienone is 8. The smallest absolute Gasteiger partial charge is 0.0187 e. The van der Waals surface area contributed by atoms with Crippen LogP contribution in [0.1, 0.15) is 38.5 Å². The molecule has 1 aliphatic rings. The molecule has 0 bridgehead atoms. The third-order valence-electron chi connectivity index (χ3n) is 2.20. The van der Waals surface area contributed by atoms with Gasteiger partial charge in [0.05, 0.1) is 0 Å². The van der Waals surface area contributed by atoms with E-state index in [1.165, 1.54) is 25.7 Å². The van der Waals surface area contributed by atoms with Crippen LogP contribution in [0.5, 0.6) is 0 Å². The summed E-state index contributed by atoms with van der Waals surface area (Å²) in [5.41, 5.74) is 0. The molecule has 0 N–H and O–H groups in total. The van der Waals surface area contributed by atoms with Gasteiger partial charge in [-0.2, -0.15) is 0 Å². The Morgan fingerprint density at radius 3 is 2.36 bits per heavy atom. The maximum Gasteiger partial charge on any atom is -0.0187 e. The fraction of sp³-hybridized carbons (Fsp3) is 0.429. The first-order valence-electron chi connectivity index (χ1n) is 5.54.